The molecule has 2 atom stereocenters. The Hall–Kier alpha value is -5.34. The molecule has 248 valence electrons. The summed E-state index contributed by atoms with van der Waals surface area (Å²) in [6.45, 7) is 2.64. The van der Waals surface area contributed by atoms with Gasteiger partial charge in [-0.3, -0.25) is 19.4 Å². The number of nitrogens with one attached hydrogen (secondary N) is 2. The summed E-state index contributed by atoms with van der Waals surface area (Å²) in [6, 6.07) is 34.5. The Balaban J connectivity index is 1.18. The van der Waals surface area contributed by atoms with Crippen molar-refractivity contribution >= 4 is 28.5 Å². The maximum absolute atomic E-state index is 14.4. The van der Waals surface area contributed by atoms with E-state index in [-0.39, 0.29) is 30.8 Å². The highest BCUT2D eigenvalue weighted by Gasteiger charge is 2.42. The highest BCUT2D eigenvalue weighted by atomic mass is 16.2. The number of aromatic nitrogens is 1. The van der Waals surface area contributed by atoms with E-state index in [0.717, 1.165) is 59.0 Å². The van der Waals surface area contributed by atoms with Crippen LogP contribution < -0.4 is 10.6 Å². The molecule has 0 aliphatic carbocycles. The molecule has 0 bridgehead atoms. The van der Waals surface area contributed by atoms with Crippen LogP contribution >= 0.6 is 0 Å². The van der Waals surface area contributed by atoms with E-state index in [1.54, 1.807) is 34.3 Å². The highest BCUT2D eigenvalue weighted by molar-refractivity contribution is 5.99. The van der Waals surface area contributed by atoms with Crippen LogP contribution in [-0.2, 0) is 22.6 Å². The van der Waals surface area contributed by atoms with E-state index in [0.29, 0.717) is 24.4 Å². The van der Waals surface area contributed by atoms with Crippen LogP contribution in [-0.4, -0.2) is 70.8 Å². The van der Waals surface area contributed by atoms with Gasteiger partial charge in [0.25, 0.3) is 5.91 Å². The number of amides is 3. The summed E-state index contributed by atoms with van der Waals surface area (Å²) in [5, 5.41) is 8.66. The second-order valence-electron chi connectivity index (χ2n) is 13.1. The first-order valence-electron chi connectivity index (χ1n) is 17.1. The maximum atomic E-state index is 14.4. The lowest BCUT2D eigenvalue weighted by molar-refractivity contribution is -0.150. The molecule has 7 rings (SSSR count). The third-order valence-electron chi connectivity index (χ3n) is 9.77. The standard InChI is InChI=1S/C41H41N5O3/c47-39-38(28-45(26-30-18-21-42-22-19-30)40(48)36-11-6-20-43-25-36)46(27-29-12-15-34(16-13-29)32-7-2-1-3-8-32)41(49)37(44-39)24-31-14-17-33-9-4-5-10-35(33)23-31/h1-17,20,23,25,30,37-38,42H,18-19,21-22,24,26-28H2,(H,44,47). The summed E-state index contributed by atoms with van der Waals surface area (Å²) in [7, 11) is 0. The fourth-order valence-corrected chi connectivity index (χ4v) is 7.06. The molecule has 2 fully saturated rings. The van der Waals surface area contributed by atoms with E-state index in [4.69, 9.17) is 0 Å². The first-order valence-corrected chi connectivity index (χ1v) is 17.1. The summed E-state index contributed by atoms with van der Waals surface area (Å²) in [5.74, 6) is -0.290. The largest absolute Gasteiger partial charge is 0.342 e. The van der Waals surface area contributed by atoms with Crippen molar-refractivity contribution in [1.29, 1.82) is 0 Å². The monoisotopic (exact) mass is 651 g/mol. The quantitative estimate of drug-likeness (QED) is 0.209. The van der Waals surface area contributed by atoms with Crippen molar-refractivity contribution in [2.24, 2.45) is 5.92 Å². The van der Waals surface area contributed by atoms with E-state index in [1.165, 1.54) is 0 Å². The molecule has 2 saturated heterocycles. The third kappa shape index (κ3) is 7.55. The van der Waals surface area contributed by atoms with Gasteiger partial charge in [-0.25, -0.2) is 0 Å². The topological polar surface area (TPSA) is 94.6 Å². The van der Waals surface area contributed by atoms with Gasteiger partial charge in [-0.15, -0.1) is 0 Å². The van der Waals surface area contributed by atoms with Gasteiger partial charge < -0.3 is 20.4 Å². The Morgan fingerprint density at radius 3 is 2.24 bits per heavy atom. The number of fused-ring (bicyclic) bond motifs is 1. The molecular weight excluding hydrogens is 610 g/mol. The van der Waals surface area contributed by atoms with Crippen LogP contribution in [0.15, 0.2) is 122 Å². The van der Waals surface area contributed by atoms with Gasteiger partial charge in [-0.1, -0.05) is 97.1 Å². The number of pyridine rings is 1. The van der Waals surface area contributed by atoms with E-state index in [2.05, 4.69) is 64.1 Å². The molecule has 2 aliphatic heterocycles. The molecule has 4 aromatic carbocycles. The van der Waals surface area contributed by atoms with Crippen molar-refractivity contribution in [1.82, 2.24) is 25.4 Å². The molecule has 5 aromatic rings. The fourth-order valence-electron chi connectivity index (χ4n) is 7.06. The normalized spacial score (nSPS) is 18.3. The Morgan fingerprint density at radius 2 is 1.49 bits per heavy atom. The first-order chi connectivity index (χ1) is 24.0. The molecule has 8 heteroatoms. The molecule has 0 spiro atoms. The van der Waals surface area contributed by atoms with Crippen molar-refractivity contribution in [3.63, 3.8) is 0 Å². The molecule has 2 N–H and O–H groups in total. The molecule has 1 aromatic heterocycles. The van der Waals surface area contributed by atoms with Gasteiger partial charge in [-0.05, 0) is 77.0 Å². The maximum Gasteiger partial charge on any atom is 0.255 e. The molecule has 49 heavy (non-hydrogen) atoms. The number of benzene rings is 4. The van der Waals surface area contributed by atoms with Crippen LogP contribution in [0.4, 0.5) is 0 Å². The second kappa shape index (κ2) is 14.8. The van der Waals surface area contributed by atoms with Crippen LogP contribution in [0.5, 0.6) is 0 Å². The molecule has 0 saturated carbocycles. The van der Waals surface area contributed by atoms with Crippen LogP contribution in [0.3, 0.4) is 0 Å². The predicted octanol–water partition coefficient (Wildman–Crippen LogP) is 5.48. The smallest absolute Gasteiger partial charge is 0.255 e. The van der Waals surface area contributed by atoms with Gasteiger partial charge >= 0.3 is 0 Å². The average molecular weight is 652 g/mol. The second-order valence-corrected chi connectivity index (χ2v) is 13.1. The highest BCUT2D eigenvalue weighted by Crippen LogP contribution is 2.25. The van der Waals surface area contributed by atoms with Crippen LogP contribution in [0.1, 0.15) is 34.3 Å². The van der Waals surface area contributed by atoms with Crippen molar-refractivity contribution < 1.29 is 14.4 Å². The number of hydrogen-bond acceptors (Lipinski definition) is 5. The molecule has 2 aliphatic rings. The first kappa shape index (κ1) is 32.2. The van der Waals surface area contributed by atoms with Crippen molar-refractivity contribution in [2.75, 3.05) is 26.2 Å². The van der Waals surface area contributed by atoms with Crippen molar-refractivity contribution in [2.45, 2.75) is 37.9 Å². The van der Waals surface area contributed by atoms with Gasteiger partial charge in [0, 0.05) is 31.9 Å². The zero-order chi connectivity index (χ0) is 33.6. The lowest BCUT2D eigenvalue weighted by Gasteiger charge is -2.42. The van der Waals surface area contributed by atoms with Gasteiger partial charge in [0.1, 0.15) is 12.1 Å². The summed E-state index contributed by atoms with van der Waals surface area (Å²) in [4.78, 5) is 50.2. The van der Waals surface area contributed by atoms with Gasteiger partial charge in [0.2, 0.25) is 11.8 Å². The zero-order valence-electron chi connectivity index (χ0n) is 27.5. The van der Waals surface area contributed by atoms with E-state index < -0.39 is 12.1 Å². The minimum Gasteiger partial charge on any atom is -0.342 e. The Bertz CT molecular complexity index is 1910. The average Bonchev–Trinajstić information content (AvgIpc) is 3.15. The zero-order valence-corrected chi connectivity index (χ0v) is 27.5. The third-order valence-corrected chi connectivity index (χ3v) is 9.77. The van der Waals surface area contributed by atoms with E-state index >= 15 is 0 Å². The molecule has 3 amide bonds. The van der Waals surface area contributed by atoms with Crippen LogP contribution in [0, 0.1) is 5.92 Å². The lowest BCUT2D eigenvalue weighted by atomic mass is 9.95. The number of carbonyl (C=O) groups excluding carboxylic acids is 3. The van der Waals surface area contributed by atoms with E-state index in [9.17, 15) is 14.4 Å². The fraction of sp³-hybridized carbons (Fsp3) is 0.268. The summed E-state index contributed by atoms with van der Waals surface area (Å²) in [5.41, 5.74) is 4.55. The number of piperazine rings is 1. The molecule has 8 nitrogen and oxygen atoms in total. The van der Waals surface area contributed by atoms with Crippen LogP contribution in [0.25, 0.3) is 21.9 Å². The number of rotatable bonds is 10. The summed E-state index contributed by atoms with van der Waals surface area (Å²) >= 11 is 0. The van der Waals surface area contributed by atoms with Crippen molar-refractivity contribution in [3.05, 3.63) is 138 Å². The molecule has 0 radical (unpaired) electrons. The van der Waals surface area contributed by atoms with Crippen LogP contribution in [0.2, 0.25) is 0 Å². The van der Waals surface area contributed by atoms with Crippen molar-refractivity contribution in [3.8, 4) is 11.1 Å². The number of nitrogens with zero attached hydrogens (tertiary/aromatic N) is 3. The lowest BCUT2D eigenvalue weighted by Crippen LogP contribution is -2.66. The van der Waals surface area contributed by atoms with Gasteiger partial charge in [0.15, 0.2) is 0 Å². The Labute approximate surface area is 287 Å². The molecule has 2 unspecified atom stereocenters. The summed E-state index contributed by atoms with van der Waals surface area (Å²) < 4.78 is 0. The van der Waals surface area contributed by atoms with E-state index in [1.807, 2.05) is 48.5 Å². The number of hydrogen-bond donors (Lipinski definition) is 2. The SMILES string of the molecule is O=C1NC(Cc2ccc3ccccc3c2)C(=O)N(Cc2ccc(-c3ccccc3)cc2)C1CN(CC1CCNCC1)C(=O)c1cccnc1. The van der Waals surface area contributed by atoms with Gasteiger partial charge in [-0.2, -0.15) is 0 Å². The number of carbonyl (C=O) groups is 3. The Kier molecular flexibility index (Phi) is 9.75. The summed E-state index contributed by atoms with van der Waals surface area (Å²) in [6.07, 6.45) is 5.46. The minimum atomic E-state index is -0.850. The van der Waals surface area contributed by atoms with Gasteiger partial charge in [0.05, 0.1) is 12.1 Å². The molecule has 3 heterocycles. The number of piperidine rings is 1. The predicted molar refractivity (Wildman–Crippen MR) is 192 cm³/mol. The molecular formula is C41H41N5O3. The minimum absolute atomic E-state index is 0.0972. The Morgan fingerprint density at radius 1 is 0.776 bits per heavy atom.